The molecule has 0 aliphatic rings. The molecule has 2 aromatic carbocycles. The number of sulfonamides is 1. The van der Waals surface area contributed by atoms with Crippen molar-refractivity contribution < 1.29 is 27.1 Å². The molecule has 10 heteroatoms. The summed E-state index contributed by atoms with van der Waals surface area (Å²) in [5.41, 5.74) is 0.402. The summed E-state index contributed by atoms with van der Waals surface area (Å²) in [6.07, 6.45) is 1.12. The molecule has 0 aliphatic heterocycles. The van der Waals surface area contributed by atoms with E-state index in [1.54, 1.807) is 25.1 Å². The Labute approximate surface area is 174 Å². The van der Waals surface area contributed by atoms with Crippen LogP contribution in [0.4, 0.5) is 15.8 Å². The zero-order chi connectivity index (χ0) is 21.8. The fourth-order valence-corrected chi connectivity index (χ4v) is 4.19. The summed E-state index contributed by atoms with van der Waals surface area (Å²) in [6, 6.07) is 7.19. The molecule has 7 nitrogen and oxygen atoms in total. The van der Waals surface area contributed by atoms with Crippen LogP contribution in [0.1, 0.15) is 13.3 Å². The molecule has 1 amide bonds. The van der Waals surface area contributed by atoms with Crippen molar-refractivity contribution in [3.05, 3.63) is 47.2 Å². The zero-order valence-electron chi connectivity index (χ0n) is 16.4. The Morgan fingerprint density at radius 3 is 2.41 bits per heavy atom. The fourth-order valence-electron chi connectivity index (χ4n) is 2.81. The molecule has 0 radical (unpaired) electrons. The van der Waals surface area contributed by atoms with Gasteiger partial charge in [0.25, 0.3) is 0 Å². The number of carbonyl (C=O) groups is 1. The number of nitrogens with one attached hydrogen (secondary N) is 1. The Morgan fingerprint density at radius 2 is 1.90 bits per heavy atom. The topological polar surface area (TPSA) is 84.9 Å². The number of hydrogen-bond acceptors (Lipinski definition) is 5. The second-order valence-corrected chi connectivity index (χ2v) is 8.40. The average molecular weight is 445 g/mol. The van der Waals surface area contributed by atoms with Gasteiger partial charge in [0, 0.05) is 6.07 Å². The molecule has 0 spiro atoms. The monoisotopic (exact) mass is 444 g/mol. The van der Waals surface area contributed by atoms with E-state index in [1.165, 1.54) is 26.4 Å². The molecule has 1 N–H and O–H groups in total. The predicted octanol–water partition coefficient (Wildman–Crippen LogP) is 3.68. The molecule has 1 atom stereocenters. The standard InChI is InChI=1S/C19H22ClFN2O5S/c1-5-17(19(24)22-16-11-13(27-2)7-9-18(16)28-3)23(29(4,25)26)12-6-8-15(21)14(20)10-12/h6-11,17H,5H2,1-4H3,(H,22,24)/t17-/m0/s1. The molecule has 0 bridgehead atoms. The minimum absolute atomic E-state index is 0.0820. The van der Waals surface area contributed by atoms with E-state index in [2.05, 4.69) is 5.32 Å². The van der Waals surface area contributed by atoms with Crippen LogP contribution in [0.5, 0.6) is 11.5 Å². The van der Waals surface area contributed by atoms with Crippen molar-refractivity contribution in [3.63, 3.8) is 0 Å². The van der Waals surface area contributed by atoms with Gasteiger partial charge in [0.2, 0.25) is 15.9 Å². The van der Waals surface area contributed by atoms with E-state index < -0.39 is 27.8 Å². The number of amides is 1. The van der Waals surface area contributed by atoms with Gasteiger partial charge in [-0.1, -0.05) is 18.5 Å². The summed E-state index contributed by atoms with van der Waals surface area (Å²) >= 11 is 5.81. The third-order valence-electron chi connectivity index (χ3n) is 4.15. The number of ether oxygens (including phenoxy) is 2. The lowest BCUT2D eigenvalue weighted by atomic mass is 10.1. The number of carbonyl (C=O) groups excluding carboxylic acids is 1. The number of benzene rings is 2. The summed E-state index contributed by atoms with van der Waals surface area (Å²) in [7, 11) is -0.969. The van der Waals surface area contributed by atoms with E-state index >= 15 is 0 Å². The highest BCUT2D eigenvalue weighted by molar-refractivity contribution is 7.92. The Balaban J connectivity index is 2.45. The minimum Gasteiger partial charge on any atom is -0.497 e. The van der Waals surface area contributed by atoms with Crippen molar-refractivity contribution in [2.45, 2.75) is 19.4 Å². The Kier molecular flexibility index (Phi) is 7.32. The normalized spacial score (nSPS) is 12.2. The molecule has 0 fully saturated rings. The second-order valence-electron chi connectivity index (χ2n) is 6.14. The molecule has 0 unspecified atom stereocenters. The highest BCUT2D eigenvalue weighted by Gasteiger charge is 2.32. The van der Waals surface area contributed by atoms with Crippen molar-refractivity contribution in [1.82, 2.24) is 0 Å². The highest BCUT2D eigenvalue weighted by Crippen LogP contribution is 2.31. The van der Waals surface area contributed by atoms with Gasteiger partial charge in [0.15, 0.2) is 0 Å². The molecule has 2 aromatic rings. The van der Waals surface area contributed by atoms with Crippen LogP contribution in [0.3, 0.4) is 0 Å². The van der Waals surface area contributed by atoms with Crippen LogP contribution < -0.4 is 19.1 Å². The van der Waals surface area contributed by atoms with E-state index in [4.69, 9.17) is 21.1 Å². The van der Waals surface area contributed by atoms with Gasteiger partial charge in [0.05, 0.1) is 36.9 Å². The van der Waals surface area contributed by atoms with Gasteiger partial charge in [-0.3, -0.25) is 9.10 Å². The number of rotatable bonds is 8. The first-order valence-electron chi connectivity index (χ1n) is 8.59. The van der Waals surface area contributed by atoms with Crippen LogP contribution in [0, 0.1) is 5.82 Å². The molecular weight excluding hydrogens is 423 g/mol. The van der Waals surface area contributed by atoms with E-state index in [1.807, 2.05) is 0 Å². The number of nitrogens with zero attached hydrogens (tertiary/aromatic N) is 1. The quantitative estimate of drug-likeness (QED) is 0.671. The van der Waals surface area contributed by atoms with E-state index in [9.17, 15) is 17.6 Å². The van der Waals surface area contributed by atoms with E-state index in [0.717, 1.165) is 16.6 Å². The van der Waals surface area contributed by atoms with E-state index in [0.29, 0.717) is 17.2 Å². The summed E-state index contributed by atoms with van der Waals surface area (Å²) in [4.78, 5) is 13.0. The molecular formula is C19H22ClFN2O5S. The zero-order valence-corrected chi connectivity index (χ0v) is 18.0. The number of hydrogen-bond donors (Lipinski definition) is 1. The first-order chi connectivity index (χ1) is 13.6. The molecule has 2 rings (SSSR count). The van der Waals surface area contributed by atoms with Crippen molar-refractivity contribution in [1.29, 1.82) is 0 Å². The molecule has 0 aromatic heterocycles. The predicted molar refractivity (Wildman–Crippen MR) is 111 cm³/mol. The molecule has 0 aliphatic carbocycles. The van der Waals surface area contributed by atoms with Gasteiger partial charge < -0.3 is 14.8 Å². The number of anilines is 2. The molecule has 0 heterocycles. The Morgan fingerprint density at radius 1 is 1.21 bits per heavy atom. The highest BCUT2D eigenvalue weighted by atomic mass is 35.5. The van der Waals surface area contributed by atoms with Gasteiger partial charge in [-0.25, -0.2) is 12.8 Å². The van der Waals surface area contributed by atoms with Crippen LogP contribution >= 0.6 is 11.6 Å². The van der Waals surface area contributed by atoms with E-state index in [-0.39, 0.29) is 17.1 Å². The third kappa shape index (κ3) is 5.30. The van der Waals surface area contributed by atoms with Gasteiger partial charge in [-0.05, 0) is 36.8 Å². The van der Waals surface area contributed by atoms with Crippen LogP contribution in [0.2, 0.25) is 5.02 Å². The van der Waals surface area contributed by atoms with Crippen molar-refractivity contribution >= 4 is 38.9 Å². The maximum absolute atomic E-state index is 13.5. The third-order valence-corrected chi connectivity index (χ3v) is 5.62. The lowest BCUT2D eigenvalue weighted by molar-refractivity contribution is -0.117. The van der Waals surface area contributed by atoms with Gasteiger partial charge in [-0.2, -0.15) is 0 Å². The number of halogens is 2. The van der Waals surface area contributed by atoms with Crippen molar-refractivity contribution in [3.8, 4) is 11.5 Å². The van der Waals surface area contributed by atoms with Crippen LogP contribution in [0.25, 0.3) is 0 Å². The second kappa shape index (κ2) is 9.32. The fraction of sp³-hybridized carbons (Fsp3) is 0.316. The molecule has 0 saturated carbocycles. The van der Waals surface area contributed by atoms with Crippen LogP contribution in [0.15, 0.2) is 36.4 Å². The lowest BCUT2D eigenvalue weighted by Gasteiger charge is -2.30. The van der Waals surface area contributed by atoms with Crippen molar-refractivity contribution in [2.75, 3.05) is 30.1 Å². The average Bonchev–Trinajstić information content (AvgIpc) is 2.67. The SMILES string of the molecule is CC[C@@H](C(=O)Nc1cc(OC)ccc1OC)N(c1ccc(F)c(Cl)c1)S(C)(=O)=O. The maximum atomic E-state index is 13.5. The minimum atomic E-state index is -3.89. The van der Waals surface area contributed by atoms with Gasteiger partial charge >= 0.3 is 0 Å². The molecule has 0 saturated heterocycles. The summed E-state index contributed by atoms with van der Waals surface area (Å²) < 4.78 is 49.8. The first kappa shape index (κ1) is 22.8. The summed E-state index contributed by atoms with van der Waals surface area (Å²) in [5.74, 6) is -0.420. The smallest absolute Gasteiger partial charge is 0.248 e. The van der Waals surface area contributed by atoms with Crippen LogP contribution in [-0.4, -0.2) is 40.8 Å². The van der Waals surface area contributed by atoms with Crippen molar-refractivity contribution in [2.24, 2.45) is 0 Å². The van der Waals surface area contributed by atoms with Gasteiger partial charge in [0.1, 0.15) is 23.4 Å². The first-order valence-corrected chi connectivity index (χ1v) is 10.8. The maximum Gasteiger partial charge on any atom is 0.248 e. The molecule has 158 valence electrons. The Hall–Kier alpha value is -2.52. The summed E-state index contributed by atoms with van der Waals surface area (Å²) in [5, 5.41) is 2.43. The lowest BCUT2D eigenvalue weighted by Crippen LogP contribution is -2.47. The summed E-state index contributed by atoms with van der Waals surface area (Å²) in [6.45, 7) is 1.66. The molecule has 29 heavy (non-hydrogen) atoms. The van der Waals surface area contributed by atoms with Gasteiger partial charge in [-0.15, -0.1) is 0 Å². The largest absolute Gasteiger partial charge is 0.497 e. The van der Waals surface area contributed by atoms with Crippen LogP contribution in [-0.2, 0) is 14.8 Å². The Bertz CT molecular complexity index is 1000. The number of methoxy groups -OCH3 is 2.